The fourth-order valence-corrected chi connectivity index (χ4v) is 4.59. The van der Waals surface area contributed by atoms with Crippen LogP contribution in [0.1, 0.15) is 46.3 Å². The van der Waals surface area contributed by atoms with E-state index < -0.39 is 5.83 Å². The number of aryl methyl sites for hydroxylation is 2. The van der Waals surface area contributed by atoms with Gasteiger partial charge in [-0.3, -0.25) is 0 Å². The van der Waals surface area contributed by atoms with E-state index >= 15 is 0 Å². The number of benzene rings is 1. The summed E-state index contributed by atoms with van der Waals surface area (Å²) in [7, 11) is 0. The number of hydrogen-bond donors (Lipinski definition) is 0. The van der Waals surface area contributed by atoms with E-state index in [0.29, 0.717) is 14.5 Å². The Morgan fingerprint density at radius 2 is 1.83 bits per heavy atom. The largest absolute Gasteiger partial charge is 0.0683 e. The van der Waals surface area contributed by atoms with Gasteiger partial charge in [-0.25, -0.2) is 0 Å². The van der Waals surface area contributed by atoms with Crippen molar-refractivity contribution in [3.63, 3.8) is 0 Å². The molecule has 0 amide bonds. The number of halogens is 1. The Kier molecular flexibility index (Phi) is 8.74. The minimum absolute atomic E-state index is 0.306. The molecule has 0 spiro atoms. The molecule has 2 heteroatoms. The van der Waals surface area contributed by atoms with Crippen molar-refractivity contribution >= 4 is 20.1 Å². The van der Waals surface area contributed by atoms with Crippen molar-refractivity contribution in [1.29, 1.82) is 0 Å². The van der Waals surface area contributed by atoms with Gasteiger partial charge >= 0.3 is 138 Å². The summed E-state index contributed by atoms with van der Waals surface area (Å²) >= 11 is 0.306. The van der Waals surface area contributed by atoms with Gasteiger partial charge in [0.1, 0.15) is 0 Å². The summed E-state index contributed by atoms with van der Waals surface area (Å²) in [5, 5.41) is 0. The Balaban J connectivity index is 0.00000139. The topological polar surface area (TPSA) is 0 Å². The molecule has 0 aliphatic carbocycles. The summed E-state index contributed by atoms with van der Waals surface area (Å²) in [5.41, 5.74) is 5.14. The van der Waals surface area contributed by atoms with Crippen LogP contribution in [0.15, 0.2) is 61.0 Å². The van der Waals surface area contributed by atoms with Gasteiger partial charge in [0, 0.05) is 0 Å². The van der Waals surface area contributed by atoms with Crippen molar-refractivity contribution in [1.82, 2.24) is 0 Å². The molecular weight excluding hydrogens is 362 g/mol. The molecule has 0 saturated carbocycles. The molecule has 24 heavy (non-hydrogen) atoms. The van der Waals surface area contributed by atoms with Crippen LogP contribution in [0.2, 0.25) is 0 Å². The average Bonchev–Trinajstić information content (AvgIpc) is 3.02. The van der Waals surface area contributed by atoms with Crippen LogP contribution in [0.4, 0.5) is 4.39 Å². The van der Waals surface area contributed by atoms with Crippen LogP contribution in [0, 0.1) is 13.8 Å². The van der Waals surface area contributed by atoms with Gasteiger partial charge in [0.15, 0.2) is 0 Å². The van der Waals surface area contributed by atoms with Gasteiger partial charge in [0.2, 0.25) is 0 Å². The van der Waals surface area contributed by atoms with Crippen molar-refractivity contribution in [2.45, 2.75) is 41.0 Å². The van der Waals surface area contributed by atoms with Crippen LogP contribution < -0.4 is 0 Å². The number of hydrogen-bond acceptors (Lipinski definition) is 0. The third-order valence-electron chi connectivity index (χ3n) is 3.57. The summed E-state index contributed by atoms with van der Waals surface area (Å²) in [4.78, 5) is 0. The van der Waals surface area contributed by atoms with E-state index in [2.05, 4.69) is 50.8 Å². The Morgan fingerprint density at radius 3 is 2.46 bits per heavy atom. The van der Waals surface area contributed by atoms with Crippen LogP contribution >= 0.6 is 0 Å². The van der Waals surface area contributed by atoms with E-state index in [4.69, 9.17) is 0 Å². The van der Waals surface area contributed by atoms with E-state index in [1.54, 1.807) is 0 Å². The zero-order valence-electron chi connectivity index (χ0n) is 15.3. The standard InChI is InChI=1S/C20H21FSe.C2H6/c1-5-17(9-8-16(4)21)20-11-10-19(22-20)13-18-12-14(2)6-7-15(18)3;1-2/h5-12H,4,13H2,1-3H3;1-2H3/b9-8-,17-5+;. The Labute approximate surface area is 152 Å². The second-order valence-electron chi connectivity index (χ2n) is 5.40. The third kappa shape index (κ3) is 6.11. The molecule has 0 atom stereocenters. The summed E-state index contributed by atoms with van der Waals surface area (Å²) < 4.78 is 15.6. The Bertz CT molecular complexity index is 732. The van der Waals surface area contributed by atoms with Gasteiger partial charge in [0.05, 0.1) is 0 Å². The normalized spacial score (nSPS) is 11.3. The van der Waals surface area contributed by atoms with Crippen molar-refractivity contribution in [2.75, 3.05) is 0 Å². The molecule has 2 aromatic rings. The maximum Gasteiger partial charge on any atom is -0.0683 e. The molecule has 0 aliphatic rings. The smallest absolute Gasteiger partial charge is 0.0683 e. The SMILES string of the molecule is C=C(F)/C=C\C(=C/C)c1ccc(Cc2cc(C)ccc2C)[se]1.CC. The molecule has 0 radical (unpaired) electrons. The van der Waals surface area contributed by atoms with Gasteiger partial charge < -0.3 is 0 Å². The maximum atomic E-state index is 12.8. The molecule has 0 fully saturated rings. The van der Waals surface area contributed by atoms with Crippen LogP contribution in [0.3, 0.4) is 0 Å². The predicted octanol–water partition coefficient (Wildman–Crippen LogP) is 6.42. The molecule has 2 rings (SSSR count). The van der Waals surface area contributed by atoms with Gasteiger partial charge in [0.25, 0.3) is 0 Å². The maximum absolute atomic E-state index is 12.8. The number of allylic oxidation sites excluding steroid dienone is 5. The van der Waals surface area contributed by atoms with Crippen LogP contribution in [-0.2, 0) is 6.42 Å². The minimum atomic E-state index is -0.408. The summed E-state index contributed by atoms with van der Waals surface area (Å²) in [6, 6.07) is 11.0. The van der Waals surface area contributed by atoms with Crippen molar-refractivity contribution in [3.8, 4) is 0 Å². The number of rotatable bonds is 5. The van der Waals surface area contributed by atoms with E-state index in [9.17, 15) is 4.39 Å². The Morgan fingerprint density at radius 1 is 1.12 bits per heavy atom. The fourth-order valence-electron chi connectivity index (χ4n) is 2.31. The molecule has 0 nitrogen and oxygen atoms in total. The minimum Gasteiger partial charge on any atom is -0.0683 e. The molecular formula is C22H27FSe. The fraction of sp³-hybridized carbons (Fsp3) is 0.273. The first-order valence-electron chi connectivity index (χ1n) is 8.33. The summed E-state index contributed by atoms with van der Waals surface area (Å²) in [6.45, 7) is 13.6. The summed E-state index contributed by atoms with van der Waals surface area (Å²) in [6.07, 6.45) is 6.27. The second-order valence-corrected chi connectivity index (χ2v) is 7.85. The third-order valence-corrected chi connectivity index (χ3v) is 5.95. The second kappa shape index (κ2) is 10.3. The van der Waals surface area contributed by atoms with Crippen LogP contribution in [-0.4, -0.2) is 14.5 Å². The molecule has 128 valence electrons. The van der Waals surface area contributed by atoms with Gasteiger partial charge in [-0.05, 0) is 0 Å². The molecule has 1 aromatic carbocycles. The molecule has 0 saturated heterocycles. The van der Waals surface area contributed by atoms with Crippen molar-refractivity contribution in [2.24, 2.45) is 0 Å². The van der Waals surface area contributed by atoms with Crippen LogP contribution in [0.25, 0.3) is 5.57 Å². The molecule has 0 bridgehead atoms. The quantitative estimate of drug-likeness (QED) is 0.409. The van der Waals surface area contributed by atoms with Crippen molar-refractivity contribution < 1.29 is 4.39 Å². The summed E-state index contributed by atoms with van der Waals surface area (Å²) in [5.74, 6) is -0.408. The molecule has 0 N–H and O–H groups in total. The monoisotopic (exact) mass is 390 g/mol. The van der Waals surface area contributed by atoms with Gasteiger partial charge in [-0.2, -0.15) is 0 Å². The molecule has 1 aromatic heterocycles. The van der Waals surface area contributed by atoms with E-state index in [1.807, 2.05) is 32.9 Å². The van der Waals surface area contributed by atoms with Gasteiger partial charge in [-0.15, -0.1) is 0 Å². The predicted molar refractivity (Wildman–Crippen MR) is 106 cm³/mol. The Hall–Kier alpha value is -1.63. The van der Waals surface area contributed by atoms with E-state index in [0.717, 1.165) is 12.0 Å². The van der Waals surface area contributed by atoms with Crippen molar-refractivity contribution in [3.05, 3.63) is 86.5 Å². The molecule has 0 unspecified atom stereocenters. The first kappa shape index (κ1) is 20.4. The first-order chi connectivity index (χ1) is 11.5. The average molecular weight is 389 g/mol. The molecule has 0 aliphatic heterocycles. The van der Waals surface area contributed by atoms with Gasteiger partial charge in [-0.1, -0.05) is 13.8 Å². The van der Waals surface area contributed by atoms with E-state index in [1.165, 1.54) is 31.6 Å². The van der Waals surface area contributed by atoms with Crippen LogP contribution in [0.5, 0.6) is 0 Å². The first-order valence-corrected chi connectivity index (χ1v) is 10.0. The zero-order valence-corrected chi connectivity index (χ0v) is 17.0. The zero-order chi connectivity index (χ0) is 18.1. The molecule has 1 heterocycles. The van der Waals surface area contributed by atoms with E-state index in [-0.39, 0.29) is 0 Å².